The van der Waals surface area contributed by atoms with Gasteiger partial charge in [0.05, 0.1) is 0 Å². The van der Waals surface area contributed by atoms with E-state index < -0.39 is 5.91 Å². The number of hydrogen-bond donors (Lipinski definition) is 1. The quantitative estimate of drug-likeness (QED) is 0.355. The zero-order valence-corrected chi connectivity index (χ0v) is 18.4. The van der Waals surface area contributed by atoms with Crippen LogP contribution < -0.4 is 15.0 Å². The Bertz CT molecular complexity index is 1080. The van der Waals surface area contributed by atoms with Gasteiger partial charge in [-0.3, -0.25) is 4.79 Å². The van der Waals surface area contributed by atoms with Crippen molar-refractivity contribution in [2.24, 2.45) is 0 Å². The third-order valence-corrected chi connectivity index (χ3v) is 5.06. The molecular weight excluding hydrogens is 398 g/mol. The zero-order valence-electron chi connectivity index (χ0n) is 18.4. The van der Waals surface area contributed by atoms with Crippen LogP contribution in [0.4, 0.5) is 11.4 Å². The summed E-state index contributed by atoms with van der Waals surface area (Å²) in [5.41, 5.74) is 3.64. The normalized spacial score (nSPS) is 10.8. The molecule has 32 heavy (non-hydrogen) atoms. The molecule has 3 aromatic carbocycles. The molecule has 3 rings (SSSR count). The minimum atomic E-state index is -0.446. The van der Waals surface area contributed by atoms with E-state index in [4.69, 9.17) is 4.74 Å². The molecule has 0 saturated carbocycles. The van der Waals surface area contributed by atoms with Gasteiger partial charge in [0.1, 0.15) is 24.0 Å². The number of nitriles is 1. The van der Waals surface area contributed by atoms with Gasteiger partial charge in [0.25, 0.3) is 5.91 Å². The topological polar surface area (TPSA) is 65.4 Å². The molecule has 1 amide bonds. The highest BCUT2D eigenvalue weighted by Gasteiger charge is 2.10. The van der Waals surface area contributed by atoms with Gasteiger partial charge in [-0.1, -0.05) is 42.5 Å². The second-order valence-electron chi connectivity index (χ2n) is 7.19. The van der Waals surface area contributed by atoms with E-state index in [9.17, 15) is 10.1 Å². The van der Waals surface area contributed by atoms with Crippen molar-refractivity contribution in [1.82, 2.24) is 0 Å². The Labute approximate surface area is 189 Å². The fraction of sp³-hybridized carbons (Fsp3) is 0.185. The first-order valence-corrected chi connectivity index (χ1v) is 10.7. The highest BCUT2D eigenvalue weighted by molar-refractivity contribution is 6.09. The van der Waals surface area contributed by atoms with Gasteiger partial charge in [0.2, 0.25) is 0 Å². The lowest BCUT2D eigenvalue weighted by Gasteiger charge is -2.20. The molecular formula is C27H27N3O2. The van der Waals surface area contributed by atoms with Gasteiger partial charge in [-0.25, -0.2) is 0 Å². The standard InChI is InChI=1S/C27H27N3O2/c1-3-30(4-2)25-14-10-21(11-15-25)18-23(19-28)27(31)29-24-12-16-26(17-13-24)32-20-22-8-6-5-7-9-22/h5-18H,3-4,20H2,1-2H3,(H,29,31)/b23-18+. The van der Waals surface area contributed by atoms with Gasteiger partial charge in [-0.15, -0.1) is 0 Å². The van der Waals surface area contributed by atoms with Crippen LogP contribution in [0, 0.1) is 11.3 Å². The molecule has 0 aromatic heterocycles. The molecule has 0 bridgehead atoms. The van der Waals surface area contributed by atoms with Gasteiger partial charge in [-0.2, -0.15) is 5.26 Å². The highest BCUT2D eigenvalue weighted by atomic mass is 16.5. The first kappa shape index (κ1) is 22.6. The van der Waals surface area contributed by atoms with Crippen molar-refractivity contribution in [2.45, 2.75) is 20.5 Å². The average molecular weight is 426 g/mol. The van der Waals surface area contributed by atoms with E-state index in [1.54, 1.807) is 30.3 Å². The van der Waals surface area contributed by atoms with Gasteiger partial charge in [0.15, 0.2) is 0 Å². The smallest absolute Gasteiger partial charge is 0.266 e. The summed E-state index contributed by atoms with van der Waals surface area (Å²) in [6, 6.07) is 26.8. The summed E-state index contributed by atoms with van der Waals surface area (Å²) >= 11 is 0. The second-order valence-corrected chi connectivity index (χ2v) is 7.19. The first-order chi connectivity index (χ1) is 15.6. The van der Waals surface area contributed by atoms with Crippen molar-refractivity contribution in [1.29, 1.82) is 5.26 Å². The summed E-state index contributed by atoms with van der Waals surface area (Å²) in [4.78, 5) is 14.8. The Morgan fingerprint density at radius 2 is 1.62 bits per heavy atom. The largest absolute Gasteiger partial charge is 0.489 e. The van der Waals surface area contributed by atoms with Crippen LogP contribution in [-0.4, -0.2) is 19.0 Å². The number of ether oxygens (including phenoxy) is 1. The molecule has 0 aliphatic heterocycles. The molecule has 0 aliphatic rings. The summed E-state index contributed by atoms with van der Waals surface area (Å²) in [5.74, 6) is 0.259. The minimum Gasteiger partial charge on any atom is -0.489 e. The van der Waals surface area contributed by atoms with E-state index in [2.05, 4.69) is 24.1 Å². The van der Waals surface area contributed by atoms with Gasteiger partial charge < -0.3 is 15.0 Å². The van der Waals surface area contributed by atoms with Crippen LogP contribution in [0.2, 0.25) is 0 Å². The van der Waals surface area contributed by atoms with E-state index in [1.807, 2.05) is 60.7 Å². The molecule has 162 valence electrons. The van der Waals surface area contributed by atoms with Crippen LogP contribution in [0.1, 0.15) is 25.0 Å². The molecule has 0 saturated heterocycles. The summed E-state index contributed by atoms with van der Waals surface area (Å²) in [5, 5.41) is 12.2. The van der Waals surface area contributed by atoms with E-state index >= 15 is 0 Å². The molecule has 0 spiro atoms. The van der Waals surface area contributed by atoms with Gasteiger partial charge in [-0.05, 0) is 67.4 Å². The van der Waals surface area contributed by atoms with Crippen LogP contribution in [0.3, 0.4) is 0 Å². The molecule has 0 unspecified atom stereocenters. The number of nitrogens with zero attached hydrogens (tertiary/aromatic N) is 2. The fourth-order valence-electron chi connectivity index (χ4n) is 3.26. The maximum Gasteiger partial charge on any atom is 0.266 e. The Morgan fingerprint density at radius 3 is 2.22 bits per heavy atom. The predicted octanol–water partition coefficient (Wildman–Crippen LogP) is 5.66. The molecule has 5 nitrogen and oxygen atoms in total. The first-order valence-electron chi connectivity index (χ1n) is 10.7. The molecule has 0 atom stereocenters. The van der Waals surface area contributed by atoms with E-state index in [0.29, 0.717) is 18.0 Å². The molecule has 0 aliphatic carbocycles. The van der Waals surface area contributed by atoms with E-state index in [1.165, 1.54) is 0 Å². The van der Waals surface area contributed by atoms with E-state index in [-0.39, 0.29) is 5.57 Å². The number of amides is 1. The summed E-state index contributed by atoms with van der Waals surface area (Å²) in [7, 11) is 0. The van der Waals surface area contributed by atoms with Crippen LogP contribution in [-0.2, 0) is 11.4 Å². The van der Waals surface area contributed by atoms with Crippen LogP contribution in [0.15, 0.2) is 84.4 Å². The van der Waals surface area contributed by atoms with Crippen molar-refractivity contribution in [3.05, 3.63) is 95.6 Å². The lowest BCUT2D eigenvalue weighted by Crippen LogP contribution is -2.21. The number of anilines is 2. The van der Waals surface area contributed by atoms with Crippen LogP contribution in [0.5, 0.6) is 5.75 Å². The number of nitrogens with one attached hydrogen (secondary N) is 1. The summed E-state index contributed by atoms with van der Waals surface area (Å²) in [6.07, 6.45) is 1.60. The van der Waals surface area contributed by atoms with Crippen molar-refractivity contribution < 1.29 is 9.53 Å². The third kappa shape index (κ3) is 6.23. The van der Waals surface area contributed by atoms with Gasteiger partial charge in [0, 0.05) is 24.5 Å². The predicted molar refractivity (Wildman–Crippen MR) is 129 cm³/mol. The fourth-order valence-corrected chi connectivity index (χ4v) is 3.26. The van der Waals surface area contributed by atoms with Crippen molar-refractivity contribution in [3.63, 3.8) is 0 Å². The number of hydrogen-bond acceptors (Lipinski definition) is 4. The molecule has 0 radical (unpaired) electrons. The lowest BCUT2D eigenvalue weighted by atomic mass is 10.1. The van der Waals surface area contributed by atoms with Crippen molar-refractivity contribution >= 4 is 23.4 Å². The van der Waals surface area contributed by atoms with Crippen molar-refractivity contribution in [2.75, 3.05) is 23.3 Å². The maximum atomic E-state index is 12.6. The van der Waals surface area contributed by atoms with Crippen LogP contribution >= 0.6 is 0 Å². The number of rotatable bonds is 9. The summed E-state index contributed by atoms with van der Waals surface area (Å²) in [6.45, 7) is 6.54. The third-order valence-electron chi connectivity index (χ3n) is 5.06. The Morgan fingerprint density at radius 1 is 0.969 bits per heavy atom. The van der Waals surface area contributed by atoms with Crippen LogP contribution in [0.25, 0.3) is 6.08 Å². The lowest BCUT2D eigenvalue weighted by molar-refractivity contribution is -0.112. The number of carbonyl (C=O) groups excluding carboxylic acids is 1. The Kier molecular flexibility index (Phi) is 8.05. The number of carbonyl (C=O) groups is 1. The summed E-state index contributed by atoms with van der Waals surface area (Å²) < 4.78 is 5.76. The maximum absolute atomic E-state index is 12.6. The van der Waals surface area contributed by atoms with E-state index in [0.717, 1.165) is 29.9 Å². The monoisotopic (exact) mass is 425 g/mol. The molecule has 3 aromatic rings. The highest BCUT2D eigenvalue weighted by Crippen LogP contribution is 2.19. The Hall–Kier alpha value is -4.04. The zero-order chi connectivity index (χ0) is 22.8. The van der Waals surface area contributed by atoms with Gasteiger partial charge >= 0.3 is 0 Å². The molecule has 0 heterocycles. The minimum absolute atomic E-state index is 0.0463. The molecule has 1 N–H and O–H groups in total. The number of benzene rings is 3. The Balaban J connectivity index is 1.61. The average Bonchev–Trinajstić information content (AvgIpc) is 2.84. The molecule has 0 fully saturated rings. The van der Waals surface area contributed by atoms with Crippen molar-refractivity contribution in [3.8, 4) is 11.8 Å². The SMILES string of the molecule is CCN(CC)c1ccc(/C=C(\C#N)C(=O)Nc2ccc(OCc3ccccc3)cc2)cc1. The molecule has 5 heteroatoms. The second kappa shape index (κ2) is 11.4.